The van der Waals surface area contributed by atoms with E-state index in [0.29, 0.717) is 11.0 Å². The molecule has 1 aliphatic carbocycles. The summed E-state index contributed by atoms with van der Waals surface area (Å²) in [6, 6.07) is 4.47. The van der Waals surface area contributed by atoms with Crippen molar-refractivity contribution in [3.8, 4) is 0 Å². The van der Waals surface area contributed by atoms with Gasteiger partial charge in [-0.2, -0.15) is 0 Å². The van der Waals surface area contributed by atoms with E-state index in [2.05, 4.69) is 5.43 Å². The second-order valence-corrected chi connectivity index (χ2v) is 6.31. The average molecular weight is 291 g/mol. The smallest absolute Gasteiger partial charge is 0.256 e. The molecule has 0 bridgehead atoms. The third-order valence-electron chi connectivity index (χ3n) is 5.16. The van der Waals surface area contributed by atoms with Crippen LogP contribution < -0.4 is 11.3 Å². The van der Waals surface area contributed by atoms with Gasteiger partial charge in [0.25, 0.3) is 5.91 Å². The Morgan fingerprint density at radius 3 is 2.48 bits per heavy atom. The van der Waals surface area contributed by atoms with E-state index in [-0.39, 0.29) is 11.6 Å². The molecular weight excluding hydrogens is 269 g/mol. The first kappa shape index (κ1) is 14.3. The van der Waals surface area contributed by atoms with Crippen molar-refractivity contribution in [3.05, 3.63) is 29.6 Å². The summed E-state index contributed by atoms with van der Waals surface area (Å²) in [6.45, 7) is 1.53. The van der Waals surface area contributed by atoms with Crippen molar-refractivity contribution in [2.24, 2.45) is 11.3 Å². The van der Waals surface area contributed by atoms with Gasteiger partial charge in [-0.15, -0.1) is 0 Å². The number of hydrogen-bond donors (Lipinski definition) is 2. The number of rotatable bonds is 2. The van der Waals surface area contributed by atoms with Gasteiger partial charge in [-0.25, -0.2) is 4.39 Å². The molecule has 21 heavy (non-hydrogen) atoms. The highest BCUT2D eigenvalue weighted by atomic mass is 19.1. The van der Waals surface area contributed by atoms with E-state index in [1.54, 1.807) is 12.1 Å². The summed E-state index contributed by atoms with van der Waals surface area (Å²) >= 11 is 0. The average Bonchev–Trinajstić information content (AvgIpc) is 2.95. The Morgan fingerprint density at radius 2 is 1.86 bits per heavy atom. The van der Waals surface area contributed by atoms with Gasteiger partial charge in [-0.05, 0) is 43.2 Å². The summed E-state index contributed by atoms with van der Waals surface area (Å²) in [4.78, 5) is 14.4. The number of hydrogen-bond acceptors (Lipinski definition) is 3. The minimum atomic E-state index is -0.493. The van der Waals surface area contributed by atoms with E-state index in [0.717, 1.165) is 25.9 Å². The molecule has 1 amide bonds. The molecular formula is C16H22FN3O. The lowest BCUT2D eigenvalue weighted by Crippen LogP contribution is -2.42. The van der Waals surface area contributed by atoms with Crippen LogP contribution in [0.5, 0.6) is 0 Å². The molecule has 1 aromatic carbocycles. The maximum atomic E-state index is 13.7. The molecule has 1 aromatic rings. The summed E-state index contributed by atoms with van der Waals surface area (Å²) in [5.74, 6) is 4.73. The number of nitrogens with one attached hydrogen (secondary N) is 1. The van der Waals surface area contributed by atoms with Crippen LogP contribution in [0.2, 0.25) is 0 Å². The van der Waals surface area contributed by atoms with Crippen LogP contribution in [0.3, 0.4) is 0 Å². The van der Waals surface area contributed by atoms with Gasteiger partial charge in [-0.1, -0.05) is 18.9 Å². The van der Waals surface area contributed by atoms with Crippen molar-refractivity contribution >= 4 is 11.6 Å². The fourth-order valence-electron chi connectivity index (χ4n) is 3.83. The Morgan fingerprint density at radius 1 is 1.19 bits per heavy atom. The first-order valence-electron chi connectivity index (χ1n) is 7.70. The Bertz CT molecular complexity index is 530. The number of nitrogens with two attached hydrogens (primary N) is 1. The summed E-state index contributed by atoms with van der Waals surface area (Å²) < 4.78 is 13.7. The predicted octanol–water partition coefficient (Wildman–Crippen LogP) is 2.91. The number of piperidine rings is 1. The van der Waals surface area contributed by atoms with Crippen LogP contribution in [0.1, 0.15) is 48.9 Å². The van der Waals surface area contributed by atoms with E-state index in [9.17, 15) is 9.18 Å². The number of para-hydroxylation sites is 1. The number of anilines is 1. The summed E-state index contributed by atoms with van der Waals surface area (Å²) in [5, 5.41) is 0. The minimum absolute atomic E-state index is 0.0867. The number of carbonyl (C=O) groups excluding carboxylic acids is 1. The Hall–Kier alpha value is -1.62. The zero-order valence-electron chi connectivity index (χ0n) is 12.2. The highest BCUT2D eigenvalue weighted by Gasteiger charge is 2.38. The minimum Gasteiger partial charge on any atom is -0.339 e. The molecule has 2 fully saturated rings. The third kappa shape index (κ3) is 2.62. The molecule has 3 N–H and O–H groups in total. The molecule has 0 aromatic heterocycles. The Balaban J connectivity index is 1.73. The van der Waals surface area contributed by atoms with Crippen LogP contribution in [0, 0.1) is 11.2 Å². The van der Waals surface area contributed by atoms with Crippen LogP contribution in [-0.2, 0) is 0 Å². The molecule has 0 atom stereocenters. The quantitative estimate of drug-likeness (QED) is 0.650. The second kappa shape index (κ2) is 5.64. The van der Waals surface area contributed by atoms with Crippen molar-refractivity contribution in [2.45, 2.75) is 38.5 Å². The predicted molar refractivity (Wildman–Crippen MR) is 80.2 cm³/mol. The molecule has 1 heterocycles. The van der Waals surface area contributed by atoms with Gasteiger partial charge < -0.3 is 10.3 Å². The molecule has 1 saturated carbocycles. The van der Waals surface area contributed by atoms with Gasteiger partial charge in [0.1, 0.15) is 5.82 Å². The SMILES string of the molecule is NNc1c(F)cccc1C(=O)N1CCC2(CCCC2)CC1. The van der Waals surface area contributed by atoms with Gasteiger partial charge in [-0.3, -0.25) is 10.6 Å². The number of hydrazine groups is 1. The molecule has 4 nitrogen and oxygen atoms in total. The highest BCUT2D eigenvalue weighted by Crippen LogP contribution is 2.46. The molecule has 2 aliphatic rings. The second-order valence-electron chi connectivity index (χ2n) is 6.31. The molecule has 0 radical (unpaired) electrons. The first-order chi connectivity index (χ1) is 10.2. The lowest BCUT2D eigenvalue weighted by molar-refractivity contribution is 0.0588. The number of halogens is 1. The van der Waals surface area contributed by atoms with Gasteiger partial charge >= 0.3 is 0 Å². The number of likely N-dealkylation sites (tertiary alicyclic amines) is 1. The normalized spacial score (nSPS) is 20.8. The van der Waals surface area contributed by atoms with Crippen molar-refractivity contribution in [1.29, 1.82) is 0 Å². The van der Waals surface area contributed by atoms with Crippen molar-refractivity contribution in [1.82, 2.24) is 4.90 Å². The standard InChI is InChI=1S/C16H22FN3O/c17-13-5-3-4-12(14(13)19-18)15(21)20-10-8-16(9-11-20)6-1-2-7-16/h3-5,19H,1-2,6-11,18H2. The molecule has 1 saturated heterocycles. The van der Waals surface area contributed by atoms with Crippen molar-refractivity contribution in [3.63, 3.8) is 0 Å². The number of amides is 1. The van der Waals surface area contributed by atoms with Crippen LogP contribution in [0.25, 0.3) is 0 Å². The van der Waals surface area contributed by atoms with E-state index >= 15 is 0 Å². The number of benzene rings is 1. The number of nitrogen functional groups attached to an aromatic ring is 1. The summed E-state index contributed by atoms with van der Waals surface area (Å²) in [5.41, 5.74) is 3.18. The Labute approximate surface area is 124 Å². The molecule has 114 valence electrons. The van der Waals surface area contributed by atoms with Gasteiger partial charge in [0.15, 0.2) is 0 Å². The monoisotopic (exact) mass is 291 g/mol. The van der Waals surface area contributed by atoms with Gasteiger partial charge in [0.05, 0.1) is 11.3 Å². The van der Waals surface area contributed by atoms with Crippen LogP contribution >= 0.6 is 0 Å². The molecule has 3 rings (SSSR count). The topological polar surface area (TPSA) is 58.4 Å². The number of carbonyl (C=O) groups is 1. The van der Waals surface area contributed by atoms with Crippen LogP contribution in [0.4, 0.5) is 10.1 Å². The highest BCUT2D eigenvalue weighted by molar-refractivity contribution is 5.99. The van der Waals surface area contributed by atoms with Gasteiger partial charge in [0, 0.05) is 13.1 Å². The molecule has 0 unspecified atom stereocenters. The first-order valence-corrected chi connectivity index (χ1v) is 7.70. The van der Waals surface area contributed by atoms with E-state index in [1.807, 2.05) is 4.90 Å². The fourth-order valence-corrected chi connectivity index (χ4v) is 3.83. The number of nitrogens with zero attached hydrogens (tertiary/aromatic N) is 1. The van der Waals surface area contributed by atoms with Gasteiger partial charge in [0.2, 0.25) is 0 Å². The van der Waals surface area contributed by atoms with E-state index in [4.69, 9.17) is 5.84 Å². The summed E-state index contributed by atoms with van der Waals surface area (Å²) in [7, 11) is 0. The lowest BCUT2D eigenvalue weighted by Gasteiger charge is -2.39. The molecule has 5 heteroatoms. The van der Waals surface area contributed by atoms with E-state index in [1.165, 1.54) is 31.7 Å². The van der Waals surface area contributed by atoms with E-state index < -0.39 is 5.82 Å². The largest absolute Gasteiger partial charge is 0.339 e. The van der Waals surface area contributed by atoms with Crippen molar-refractivity contribution < 1.29 is 9.18 Å². The maximum Gasteiger partial charge on any atom is 0.256 e. The molecule has 1 aliphatic heterocycles. The maximum absolute atomic E-state index is 13.7. The van der Waals surface area contributed by atoms with Crippen molar-refractivity contribution in [2.75, 3.05) is 18.5 Å². The summed E-state index contributed by atoms with van der Waals surface area (Å²) in [6.07, 6.45) is 7.37. The third-order valence-corrected chi connectivity index (χ3v) is 5.16. The lowest BCUT2D eigenvalue weighted by atomic mass is 9.77. The fraction of sp³-hybridized carbons (Fsp3) is 0.562. The Kier molecular flexibility index (Phi) is 3.85. The van der Waals surface area contributed by atoms with Crippen LogP contribution in [0.15, 0.2) is 18.2 Å². The molecule has 1 spiro atoms. The van der Waals surface area contributed by atoms with Crippen LogP contribution in [-0.4, -0.2) is 23.9 Å². The zero-order valence-corrected chi connectivity index (χ0v) is 12.2. The zero-order chi connectivity index (χ0) is 14.9.